The molecule has 3 N–H and O–H groups in total. The number of allylic oxidation sites excluding steroid dienone is 1. The molecule has 10 nitrogen and oxygen atoms in total. The highest BCUT2D eigenvalue weighted by atomic mass is 32.2. The maximum absolute atomic E-state index is 13.7. The van der Waals surface area contributed by atoms with Gasteiger partial charge in [-0.15, -0.1) is 23.1 Å². The Morgan fingerprint density at radius 3 is 2.41 bits per heavy atom. The second-order valence-electron chi connectivity index (χ2n) is 8.97. The monoisotopic (exact) mass is 589 g/mol. The fourth-order valence-electron chi connectivity index (χ4n) is 4.48. The highest BCUT2D eigenvalue weighted by Crippen LogP contribution is 2.42. The molecule has 2 atom stereocenters. The van der Waals surface area contributed by atoms with Crippen LogP contribution in [0.1, 0.15) is 29.8 Å². The number of hydrogen-bond donors (Lipinski definition) is 2. The molecule has 2 amide bonds. The molecule has 3 aromatic rings. The van der Waals surface area contributed by atoms with Crippen molar-refractivity contribution in [2.75, 3.05) is 18.1 Å². The van der Waals surface area contributed by atoms with Crippen molar-refractivity contribution in [1.29, 1.82) is 0 Å². The zero-order valence-corrected chi connectivity index (χ0v) is 23.7. The van der Waals surface area contributed by atoms with Crippen LogP contribution in [0.15, 0.2) is 95.1 Å². The van der Waals surface area contributed by atoms with Crippen LogP contribution >= 0.6 is 23.1 Å². The fourth-order valence-corrected chi connectivity index (χ4v) is 6.36. The van der Waals surface area contributed by atoms with Crippen LogP contribution in [0.2, 0.25) is 0 Å². The minimum absolute atomic E-state index is 0.0950. The third kappa shape index (κ3) is 5.74. The van der Waals surface area contributed by atoms with E-state index in [1.165, 1.54) is 16.7 Å². The van der Waals surface area contributed by atoms with Crippen molar-refractivity contribution >= 4 is 51.7 Å². The summed E-state index contributed by atoms with van der Waals surface area (Å²) >= 11 is 2.56. The van der Waals surface area contributed by atoms with E-state index in [0.717, 1.165) is 22.5 Å². The van der Waals surface area contributed by atoms with Crippen molar-refractivity contribution < 1.29 is 24.0 Å². The summed E-state index contributed by atoms with van der Waals surface area (Å²) < 4.78 is 6.06. The Bertz CT molecular complexity index is 1480. The quantitative estimate of drug-likeness (QED) is 0.158. The molecular formula is C29H27N5O5S2. The van der Waals surface area contributed by atoms with Crippen molar-refractivity contribution in [1.82, 2.24) is 15.2 Å². The molecular weight excluding hydrogens is 562 g/mol. The predicted molar refractivity (Wildman–Crippen MR) is 158 cm³/mol. The number of aromatic nitrogens is 1. The number of thioether (sulfide) groups is 1. The lowest BCUT2D eigenvalue weighted by atomic mass is 10.0. The third-order valence-electron chi connectivity index (χ3n) is 6.42. The van der Waals surface area contributed by atoms with Gasteiger partial charge in [0.1, 0.15) is 29.4 Å². The number of carbonyl (C=O) groups is 3. The van der Waals surface area contributed by atoms with E-state index in [9.17, 15) is 14.4 Å². The number of β-lactam (4-membered cyclic amide) rings is 1. The van der Waals surface area contributed by atoms with E-state index >= 15 is 0 Å². The van der Waals surface area contributed by atoms with E-state index in [2.05, 4.69) is 22.0 Å². The van der Waals surface area contributed by atoms with Crippen LogP contribution in [0, 0.1) is 0 Å². The molecule has 1 unspecified atom stereocenters. The van der Waals surface area contributed by atoms with Gasteiger partial charge in [-0.05, 0) is 23.6 Å². The van der Waals surface area contributed by atoms with Crippen molar-refractivity contribution in [2.24, 2.45) is 5.16 Å². The minimum atomic E-state index is -0.900. The maximum atomic E-state index is 13.7. The van der Waals surface area contributed by atoms with Crippen LogP contribution in [-0.2, 0) is 24.0 Å². The molecule has 5 rings (SSSR count). The Kier molecular flexibility index (Phi) is 8.50. The normalized spacial score (nSPS) is 18.4. The number of anilines is 1. The van der Waals surface area contributed by atoms with Gasteiger partial charge >= 0.3 is 5.97 Å². The first kappa shape index (κ1) is 28.1. The first-order chi connectivity index (χ1) is 19.9. The molecule has 0 bridgehead atoms. The lowest BCUT2D eigenvalue weighted by molar-refractivity contribution is -0.154. The fraction of sp³-hybridized carbons (Fsp3) is 0.207. The number of fused-ring (bicyclic) bond motifs is 1. The highest BCUT2D eigenvalue weighted by Gasteiger charge is 2.54. The Hall–Kier alpha value is -4.42. The number of hydrogen-bond acceptors (Lipinski definition) is 10. The molecule has 210 valence electrons. The van der Waals surface area contributed by atoms with Gasteiger partial charge in [-0.3, -0.25) is 14.5 Å². The summed E-state index contributed by atoms with van der Waals surface area (Å²) in [7, 11) is 0. The molecule has 0 aliphatic carbocycles. The number of nitrogens with two attached hydrogens (primary N) is 1. The Morgan fingerprint density at radius 1 is 1.20 bits per heavy atom. The van der Waals surface area contributed by atoms with E-state index in [0.29, 0.717) is 11.3 Å². The summed E-state index contributed by atoms with van der Waals surface area (Å²) in [6.45, 7) is 5.80. The maximum Gasteiger partial charge on any atom is 0.356 e. The summed E-state index contributed by atoms with van der Waals surface area (Å²) in [6.07, 6.45) is 0.865. The number of esters is 1. The van der Waals surface area contributed by atoms with Gasteiger partial charge < -0.3 is 20.6 Å². The predicted octanol–water partition coefficient (Wildman–Crippen LogP) is 3.64. The summed E-state index contributed by atoms with van der Waals surface area (Å²) in [6, 6.07) is 17.9. The van der Waals surface area contributed by atoms with Gasteiger partial charge in [-0.1, -0.05) is 78.5 Å². The average molecular weight is 590 g/mol. The Morgan fingerprint density at radius 2 is 1.85 bits per heavy atom. The molecule has 41 heavy (non-hydrogen) atoms. The standard InChI is InChI=1S/C29H27N5O5S2/c1-3-17-15-40-27-22(32-25(35)21(33-38-4-2)20-16-41-29(30)31-20)26(36)34(27)23(17)28(37)39-24(18-11-7-5-8-12-18)19-13-9-6-10-14-19/h3,5-14,16,22,24,27H,1,4,15H2,2H3,(H2,30,31)(H,32,35)/t22?,27-/m1/s1. The van der Waals surface area contributed by atoms with Crippen LogP contribution in [0.5, 0.6) is 0 Å². The zero-order valence-electron chi connectivity index (χ0n) is 22.1. The van der Waals surface area contributed by atoms with Crippen molar-refractivity contribution in [3.05, 3.63) is 107 Å². The summed E-state index contributed by atoms with van der Waals surface area (Å²) in [5.41, 5.74) is 8.15. The lowest BCUT2D eigenvalue weighted by Crippen LogP contribution is -2.71. The number of rotatable bonds is 10. The summed E-state index contributed by atoms with van der Waals surface area (Å²) in [4.78, 5) is 50.9. The molecule has 1 saturated heterocycles. The van der Waals surface area contributed by atoms with Crippen molar-refractivity contribution in [3.8, 4) is 0 Å². The van der Waals surface area contributed by atoms with E-state index in [-0.39, 0.29) is 28.8 Å². The first-order valence-corrected chi connectivity index (χ1v) is 14.7. The number of amides is 2. The van der Waals surface area contributed by atoms with Gasteiger partial charge in [0.2, 0.25) is 0 Å². The number of oxime groups is 1. The number of nitrogens with zero attached hydrogens (tertiary/aromatic N) is 3. The molecule has 2 aliphatic heterocycles. The van der Waals surface area contributed by atoms with Crippen LogP contribution < -0.4 is 11.1 Å². The molecule has 2 aliphatic rings. The van der Waals surface area contributed by atoms with Crippen LogP contribution in [0.4, 0.5) is 5.13 Å². The van der Waals surface area contributed by atoms with Crippen LogP contribution in [0.25, 0.3) is 0 Å². The van der Waals surface area contributed by atoms with E-state index in [1.807, 2.05) is 60.7 Å². The van der Waals surface area contributed by atoms with Gasteiger partial charge in [0, 0.05) is 11.1 Å². The molecule has 0 saturated carbocycles. The van der Waals surface area contributed by atoms with E-state index in [4.69, 9.17) is 15.3 Å². The molecule has 1 aromatic heterocycles. The minimum Gasteiger partial charge on any atom is -0.448 e. The number of carbonyl (C=O) groups excluding carboxylic acids is 3. The van der Waals surface area contributed by atoms with Crippen molar-refractivity contribution in [2.45, 2.75) is 24.4 Å². The Labute approximate surface area is 244 Å². The van der Waals surface area contributed by atoms with Gasteiger partial charge in [0.25, 0.3) is 11.8 Å². The number of nitrogen functional groups attached to an aromatic ring is 1. The average Bonchev–Trinajstić information content (AvgIpc) is 3.44. The first-order valence-electron chi connectivity index (χ1n) is 12.8. The zero-order chi connectivity index (χ0) is 28.9. The third-order valence-corrected chi connectivity index (χ3v) is 8.39. The second-order valence-corrected chi connectivity index (χ2v) is 11.0. The number of ether oxygens (including phenoxy) is 1. The van der Waals surface area contributed by atoms with Gasteiger partial charge in [0.05, 0.1) is 0 Å². The summed E-state index contributed by atoms with van der Waals surface area (Å²) in [5.74, 6) is -1.35. The molecule has 0 radical (unpaired) electrons. The lowest BCUT2D eigenvalue weighted by Gasteiger charge is -2.49. The highest BCUT2D eigenvalue weighted by molar-refractivity contribution is 8.00. The van der Waals surface area contributed by atoms with Gasteiger partial charge in [-0.2, -0.15) is 0 Å². The van der Waals surface area contributed by atoms with Crippen molar-refractivity contribution in [3.63, 3.8) is 0 Å². The van der Waals surface area contributed by atoms with Gasteiger partial charge in [0.15, 0.2) is 16.9 Å². The van der Waals surface area contributed by atoms with E-state index < -0.39 is 35.3 Å². The summed E-state index contributed by atoms with van der Waals surface area (Å²) in [5, 5.41) is 7.94. The SMILES string of the molecule is C=CC1=C(C(=O)OC(c2ccccc2)c2ccccc2)N2C(=O)C(NC(=O)C(=NOCC)c3csc(N)n3)[C@H]2SC1. The molecule has 12 heteroatoms. The second kappa shape index (κ2) is 12.4. The van der Waals surface area contributed by atoms with Crippen LogP contribution in [-0.4, -0.2) is 57.2 Å². The number of benzene rings is 2. The Balaban J connectivity index is 1.37. The molecule has 2 aromatic carbocycles. The molecule has 3 heterocycles. The largest absolute Gasteiger partial charge is 0.448 e. The number of nitrogens with one attached hydrogen (secondary N) is 1. The number of thiazole rings is 1. The smallest absolute Gasteiger partial charge is 0.356 e. The molecule has 0 spiro atoms. The van der Waals surface area contributed by atoms with Gasteiger partial charge in [-0.25, -0.2) is 9.78 Å². The topological polar surface area (TPSA) is 136 Å². The molecule has 1 fully saturated rings. The van der Waals surface area contributed by atoms with E-state index in [1.54, 1.807) is 18.4 Å². The van der Waals surface area contributed by atoms with Crippen LogP contribution in [0.3, 0.4) is 0 Å².